The van der Waals surface area contributed by atoms with Gasteiger partial charge in [0.2, 0.25) is 5.90 Å². The minimum Gasteiger partial charge on any atom is -0.482 e. The molecule has 10 nitrogen and oxygen atoms in total. The molecule has 0 saturated carbocycles. The first-order valence-electron chi connectivity index (χ1n) is 9.43. The predicted octanol–water partition coefficient (Wildman–Crippen LogP) is 3.34. The molecule has 3 rings (SSSR count). The van der Waals surface area contributed by atoms with E-state index in [0.717, 1.165) is 0 Å². The highest BCUT2D eigenvalue weighted by Crippen LogP contribution is 2.31. The number of nitrogens with zero attached hydrogens (tertiary/aromatic N) is 3. The largest absolute Gasteiger partial charge is 0.482 e. The van der Waals surface area contributed by atoms with Crippen LogP contribution in [-0.2, 0) is 9.47 Å². The molecule has 0 saturated heterocycles. The zero-order chi connectivity index (χ0) is 22.7. The van der Waals surface area contributed by atoms with Crippen LogP contribution in [0.2, 0.25) is 0 Å². The summed E-state index contributed by atoms with van der Waals surface area (Å²) in [5, 5.41) is 25.5. The second kappa shape index (κ2) is 12.0. The quantitative estimate of drug-likeness (QED) is 0.629. The standard InChI is InChI=1S/C16H16N4O6.2C2H6/c1-24-12-6-13(25-2)19-16(18-12)26-11-5-3-4-10(14(11)15(21)22)9-7-17-20(23)8-9;2*1-2/h3-8,16,18,23H,1-2H3,(H,21,22);2*1-2H3. The molecule has 1 aliphatic rings. The number of benzene rings is 1. The topological polar surface area (TPSA) is 127 Å². The van der Waals surface area contributed by atoms with Gasteiger partial charge in [0.25, 0.3) is 6.35 Å². The number of nitrogens with one attached hydrogen (secondary N) is 1. The van der Waals surface area contributed by atoms with Crippen molar-refractivity contribution < 1.29 is 29.3 Å². The van der Waals surface area contributed by atoms with Crippen LogP contribution in [0.1, 0.15) is 38.1 Å². The zero-order valence-electron chi connectivity index (χ0n) is 17.9. The van der Waals surface area contributed by atoms with Crippen molar-refractivity contribution in [2.75, 3.05) is 14.2 Å². The summed E-state index contributed by atoms with van der Waals surface area (Å²) < 4.78 is 15.9. The number of hydrogen-bond acceptors (Lipinski definition) is 8. The molecule has 0 amide bonds. The predicted molar refractivity (Wildman–Crippen MR) is 112 cm³/mol. The van der Waals surface area contributed by atoms with Crippen molar-refractivity contribution in [3.8, 4) is 16.9 Å². The van der Waals surface area contributed by atoms with Gasteiger partial charge in [-0.2, -0.15) is 4.99 Å². The molecule has 2 aromatic rings. The van der Waals surface area contributed by atoms with E-state index in [2.05, 4.69) is 15.4 Å². The molecule has 164 valence electrons. The highest BCUT2D eigenvalue weighted by molar-refractivity contribution is 5.99. The second-order valence-electron chi connectivity index (χ2n) is 5.13. The van der Waals surface area contributed by atoms with Crippen LogP contribution in [0.15, 0.2) is 47.5 Å². The van der Waals surface area contributed by atoms with Gasteiger partial charge in [-0.1, -0.05) is 39.8 Å². The van der Waals surface area contributed by atoms with E-state index in [-0.39, 0.29) is 17.2 Å². The first-order chi connectivity index (χ1) is 14.5. The normalized spacial score (nSPS) is 14.4. The van der Waals surface area contributed by atoms with Gasteiger partial charge in [-0.15, -0.1) is 9.94 Å². The summed E-state index contributed by atoms with van der Waals surface area (Å²) >= 11 is 0. The van der Waals surface area contributed by atoms with E-state index in [1.807, 2.05) is 27.7 Å². The van der Waals surface area contributed by atoms with E-state index in [4.69, 9.17) is 14.2 Å². The number of aliphatic imine (C=N–C) groups is 1. The molecule has 0 radical (unpaired) electrons. The fraction of sp³-hybridized carbons (Fsp3) is 0.350. The van der Waals surface area contributed by atoms with Gasteiger partial charge in [0.05, 0.1) is 32.7 Å². The summed E-state index contributed by atoms with van der Waals surface area (Å²) in [6.45, 7) is 8.00. The SMILES string of the molecule is CC.CC.COC1=CC(OC)=NC(Oc2cccc(-c3cnn(O)c3)c2C(=O)O)N1. The van der Waals surface area contributed by atoms with Gasteiger partial charge in [-0.25, -0.2) is 4.79 Å². The Labute approximate surface area is 175 Å². The van der Waals surface area contributed by atoms with E-state index >= 15 is 0 Å². The molecule has 1 aliphatic heterocycles. The number of aromatic carboxylic acids is 1. The highest BCUT2D eigenvalue weighted by Gasteiger charge is 2.24. The first-order valence-corrected chi connectivity index (χ1v) is 9.43. The molecule has 0 fully saturated rings. The van der Waals surface area contributed by atoms with Crippen molar-refractivity contribution in [1.29, 1.82) is 0 Å². The highest BCUT2D eigenvalue weighted by atomic mass is 16.5. The van der Waals surface area contributed by atoms with Crippen LogP contribution in [0.25, 0.3) is 11.1 Å². The van der Waals surface area contributed by atoms with Crippen LogP contribution >= 0.6 is 0 Å². The number of rotatable bonds is 5. The van der Waals surface area contributed by atoms with Gasteiger partial charge in [-0.05, 0) is 6.07 Å². The third-order valence-corrected chi connectivity index (χ3v) is 3.55. The van der Waals surface area contributed by atoms with E-state index in [1.165, 1.54) is 38.8 Å². The Kier molecular flexibility index (Phi) is 9.74. The van der Waals surface area contributed by atoms with Crippen LogP contribution in [0.5, 0.6) is 5.75 Å². The van der Waals surface area contributed by atoms with Crippen molar-refractivity contribution in [3.63, 3.8) is 0 Å². The molecule has 2 heterocycles. The second-order valence-corrected chi connectivity index (χ2v) is 5.13. The fourth-order valence-electron chi connectivity index (χ4n) is 2.41. The number of ether oxygens (including phenoxy) is 3. The van der Waals surface area contributed by atoms with E-state index in [9.17, 15) is 15.1 Å². The summed E-state index contributed by atoms with van der Waals surface area (Å²) in [4.78, 5) is 16.6. The smallest absolute Gasteiger partial charge is 0.340 e. The molecule has 0 aliphatic carbocycles. The Bertz CT molecular complexity index is 891. The van der Waals surface area contributed by atoms with Gasteiger partial charge in [0, 0.05) is 11.1 Å². The molecular formula is C20H28N4O6. The Hall–Kier alpha value is -3.69. The fourth-order valence-corrected chi connectivity index (χ4v) is 2.41. The van der Waals surface area contributed by atoms with Crippen LogP contribution in [0, 0.1) is 0 Å². The molecule has 0 bridgehead atoms. The molecule has 1 aromatic heterocycles. The Morgan fingerprint density at radius 3 is 2.40 bits per heavy atom. The summed E-state index contributed by atoms with van der Waals surface area (Å²) in [5.41, 5.74) is 0.667. The van der Waals surface area contributed by atoms with Gasteiger partial charge in [0.15, 0.2) is 5.88 Å². The van der Waals surface area contributed by atoms with Crippen molar-refractivity contribution in [2.24, 2.45) is 4.99 Å². The first kappa shape index (κ1) is 24.3. The van der Waals surface area contributed by atoms with E-state index in [0.29, 0.717) is 21.9 Å². The minimum atomic E-state index is -1.20. The average molecular weight is 420 g/mol. The number of aromatic nitrogens is 2. The molecule has 10 heteroatoms. The summed E-state index contributed by atoms with van der Waals surface area (Å²) in [5.74, 6) is -0.498. The maximum atomic E-state index is 11.8. The summed E-state index contributed by atoms with van der Waals surface area (Å²) in [7, 11) is 2.91. The lowest BCUT2D eigenvalue weighted by atomic mass is 10.0. The molecule has 30 heavy (non-hydrogen) atoms. The van der Waals surface area contributed by atoms with Crippen molar-refractivity contribution in [2.45, 2.75) is 34.0 Å². The van der Waals surface area contributed by atoms with Crippen LogP contribution in [0.4, 0.5) is 0 Å². The number of carbonyl (C=O) groups is 1. The minimum absolute atomic E-state index is 0.0785. The molecule has 1 aromatic carbocycles. The molecular weight excluding hydrogens is 392 g/mol. The van der Waals surface area contributed by atoms with Crippen molar-refractivity contribution in [1.82, 2.24) is 15.3 Å². The lowest BCUT2D eigenvalue weighted by molar-refractivity contribution is 0.0687. The maximum absolute atomic E-state index is 11.8. The van der Waals surface area contributed by atoms with Crippen LogP contribution in [0.3, 0.4) is 0 Å². The monoisotopic (exact) mass is 420 g/mol. The van der Waals surface area contributed by atoms with Crippen LogP contribution < -0.4 is 10.1 Å². The Morgan fingerprint density at radius 2 is 1.87 bits per heavy atom. The zero-order valence-corrected chi connectivity index (χ0v) is 17.9. The molecule has 3 N–H and O–H groups in total. The third-order valence-electron chi connectivity index (χ3n) is 3.55. The van der Waals surface area contributed by atoms with Gasteiger partial charge < -0.3 is 29.8 Å². The molecule has 1 unspecified atom stereocenters. The molecule has 1 atom stereocenters. The lowest BCUT2D eigenvalue weighted by Gasteiger charge is -2.23. The Morgan fingerprint density at radius 1 is 1.17 bits per heavy atom. The average Bonchev–Trinajstić information content (AvgIpc) is 3.22. The van der Waals surface area contributed by atoms with E-state index in [1.54, 1.807) is 12.1 Å². The maximum Gasteiger partial charge on any atom is 0.340 e. The van der Waals surface area contributed by atoms with Gasteiger partial charge in [-0.3, -0.25) is 0 Å². The summed E-state index contributed by atoms with van der Waals surface area (Å²) in [6.07, 6.45) is 3.22. The van der Waals surface area contributed by atoms with Crippen LogP contribution in [-0.4, -0.2) is 52.7 Å². The van der Waals surface area contributed by atoms with Crippen molar-refractivity contribution >= 4 is 11.9 Å². The number of hydrogen-bond donors (Lipinski definition) is 3. The van der Waals surface area contributed by atoms with E-state index < -0.39 is 12.3 Å². The Balaban J connectivity index is 0.00000106. The third kappa shape index (κ3) is 5.90. The number of methoxy groups -OCH3 is 2. The van der Waals surface area contributed by atoms with Crippen molar-refractivity contribution in [3.05, 3.63) is 48.1 Å². The number of carboxylic acids is 1. The lowest BCUT2D eigenvalue weighted by Crippen LogP contribution is -2.37. The van der Waals surface area contributed by atoms with Gasteiger partial charge in [0.1, 0.15) is 11.3 Å². The number of carboxylic acid groups (broad SMARTS) is 1. The van der Waals surface area contributed by atoms with Gasteiger partial charge >= 0.3 is 5.97 Å². The summed E-state index contributed by atoms with van der Waals surface area (Å²) in [6, 6.07) is 4.72. The molecule has 0 spiro atoms.